The molecule has 0 saturated carbocycles. The Balaban J connectivity index is 1.50. The Hall–Kier alpha value is -2.20. The van der Waals surface area contributed by atoms with Gasteiger partial charge in [0.15, 0.2) is 17.6 Å². The third-order valence-corrected chi connectivity index (χ3v) is 4.74. The van der Waals surface area contributed by atoms with Crippen LogP contribution < -0.4 is 9.47 Å². The van der Waals surface area contributed by atoms with E-state index in [0.717, 1.165) is 27.6 Å². The molecule has 1 atom stereocenters. The van der Waals surface area contributed by atoms with Gasteiger partial charge in [-0.25, -0.2) is 0 Å². The number of hydrogen-bond acceptors (Lipinski definition) is 3. The van der Waals surface area contributed by atoms with Crippen LogP contribution in [-0.2, 0) is 11.2 Å². The average molecular weight is 360 g/mol. The number of fused-ring (bicyclic) bond motifs is 1. The molecule has 4 nitrogen and oxygen atoms in total. The van der Waals surface area contributed by atoms with Crippen molar-refractivity contribution in [1.29, 1.82) is 0 Å². The Morgan fingerprint density at radius 3 is 2.76 bits per heavy atom. The minimum absolute atomic E-state index is 0.0826. The molecule has 0 bridgehead atoms. The summed E-state index contributed by atoms with van der Waals surface area (Å²) in [6.07, 6.45) is 0.964. The van der Waals surface area contributed by atoms with Crippen molar-refractivity contribution in [3.63, 3.8) is 0 Å². The molecule has 2 aromatic rings. The van der Waals surface area contributed by atoms with Crippen molar-refractivity contribution in [1.82, 2.24) is 4.90 Å². The quantitative estimate of drug-likeness (QED) is 0.813. The largest absolute Gasteiger partial charge is 0.486 e. The summed E-state index contributed by atoms with van der Waals surface area (Å²) >= 11 is 6.14. The Labute approximate surface area is 153 Å². The van der Waals surface area contributed by atoms with Crippen LogP contribution in [-0.4, -0.2) is 37.1 Å². The SMILES string of the molecule is Cc1ccc(CCC(=O)N(C)CC2COc3ccccc3O2)cc1Cl. The predicted molar refractivity (Wildman–Crippen MR) is 98.5 cm³/mol. The first kappa shape index (κ1) is 17.6. The van der Waals surface area contributed by atoms with Crippen molar-refractivity contribution in [2.75, 3.05) is 20.2 Å². The van der Waals surface area contributed by atoms with Crippen LogP contribution in [0.15, 0.2) is 42.5 Å². The molecular formula is C20H22ClNO3. The number of rotatable bonds is 5. The first-order valence-corrected chi connectivity index (χ1v) is 8.78. The van der Waals surface area contributed by atoms with Gasteiger partial charge in [0, 0.05) is 18.5 Å². The zero-order valence-corrected chi connectivity index (χ0v) is 15.3. The van der Waals surface area contributed by atoms with Gasteiger partial charge in [0.25, 0.3) is 0 Å². The topological polar surface area (TPSA) is 38.8 Å². The summed E-state index contributed by atoms with van der Waals surface area (Å²) in [5, 5.41) is 0.740. The highest BCUT2D eigenvalue weighted by Gasteiger charge is 2.23. The molecule has 0 aliphatic carbocycles. The number of halogens is 1. The number of ether oxygens (including phenoxy) is 2. The fraction of sp³-hybridized carbons (Fsp3) is 0.350. The Morgan fingerprint density at radius 1 is 1.24 bits per heavy atom. The van der Waals surface area contributed by atoms with Crippen molar-refractivity contribution in [3.05, 3.63) is 58.6 Å². The van der Waals surface area contributed by atoms with Crippen LogP contribution >= 0.6 is 11.6 Å². The van der Waals surface area contributed by atoms with E-state index >= 15 is 0 Å². The van der Waals surface area contributed by atoms with Crippen LogP contribution in [0.5, 0.6) is 11.5 Å². The van der Waals surface area contributed by atoms with Gasteiger partial charge in [0.05, 0.1) is 6.54 Å². The molecule has 1 unspecified atom stereocenters. The summed E-state index contributed by atoms with van der Waals surface area (Å²) in [7, 11) is 1.80. The van der Waals surface area contributed by atoms with Crippen LogP contribution in [0.2, 0.25) is 5.02 Å². The number of para-hydroxylation sites is 2. The number of benzene rings is 2. The predicted octanol–water partition coefficient (Wildman–Crippen LogP) is 3.88. The van der Waals surface area contributed by atoms with Gasteiger partial charge < -0.3 is 14.4 Å². The lowest BCUT2D eigenvalue weighted by Gasteiger charge is -2.29. The molecule has 25 heavy (non-hydrogen) atoms. The third-order valence-electron chi connectivity index (χ3n) is 4.33. The van der Waals surface area contributed by atoms with Gasteiger partial charge >= 0.3 is 0 Å². The molecule has 0 radical (unpaired) electrons. The zero-order chi connectivity index (χ0) is 17.8. The van der Waals surface area contributed by atoms with Crippen molar-refractivity contribution in [3.8, 4) is 11.5 Å². The zero-order valence-electron chi connectivity index (χ0n) is 14.5. The molecule has 5 heteroatoms. The second-order valence-corrected chi connectivity index (χ2v) is 6.76. The van der Waals surface area contributed by atoms with Gasteiger partial charge in [-0.05, 0) is 42.7 Å². The van der Waals surface area contributed by atoms with Gasteiger partial charge in [0.2, 0.25) is 5.91 Å². The summed E-state index contributed by atoms with van der Waals surface area (Å²) in [5.41, 5.74) is 2.12. The van der Waals surface area contributed by atoms with Crippen LogP contribution in [0.25, 0.3) is 0 Å². The first-order valence-electron chi connectivity index (χ1n) is 8.40. The highest BCUT2D eigenvalue weighted by Crippen LogP contribution is 2.31. The van der Waals surface area contributed by atoms with Gasteiger partial charge in [-0.2, -0.15) is 0 Å². The number of nitrogens with zero attached hydrogens (tertiary/aromatic N) is 1. The van der Waals surface area contributed by atoms with Crippen LogP contribution in [0.1, 0.15) is 17.5 Å². The standard InChI is InChI=1S/C20H22ClNO3/c1-14-7-8-15(11-17(14)21)9-10-20(23)22(2)12-16-13-24-18-5-3-4-6-19(18)25-16/h3-8,11,16H,9-10,12-13H2,1-2H3. The van der Waals surface area contributed by atoms with Crippen LogP contribution in [0.4, 0.5) is 0 Å². The van der Waals surface area contributed by atoms with Gasteiger partial charge in [-0.3, -0.25) is 4.79 Å². The van der Waals surface area contributed by atoms with Crippen molar-refractivity contribution in [2.45, 2.75) is 25.9 Å². The number of carbonyl (C=O) groups excluding carboxylic acids is 1. The molecule has 0 fully saturated rings. The monoisotopic (exact) mass is 359 g/mol. The molecule has 1 amide bonds. The molecule has 132 valence electrons. The average Bonchev–Trinajstić information content (AvgIpc) is 2.62. The highest BCUT2D eigenvalue weighted by molar-refractivity contribution is 6.31. The van der Waals surface area contributed by atoms with E-state index in [4.69, 9.17) is 21.1 Å². The molecule has 1 aliphatic heterocycles. The van der Waals surface area contributed by atoms with Gasteiger partial charge in [0.1, 0.15) is 6.61 Å². The van der Waals surface area contributed by atoms with E-state index in [9.17, 15) is 4.79 Å². The maximum absolute atomic E-state index is 12.4. The lowest BCUT2D eigenvalue weighted by molar-refractivity contribution is -0.131. The van der Waals surface area contributed by atoms with Crippen molar-refractivity contribution >= 4 is 17.5 Å². The van der Waals surface area contributed by atoms with Crippen LogP contribution in [0, 0.1) is 6.92 Å². The smallest absolute Gasteiger partial charge is 0.222 e. The van der Waals surface area contributed by atoms with Crippen molar-refractivity contribution < 1.29 is 14.3 Å². The minimum Gasteiger partial charge on any atom is -0.486 e. The molecule has 0 saturated heterocycles. The van der Waals surface area contributed by atoms with E-state index in [1.165, 1.54) is 0 Å². The highest BCUT2D eigenvalue weighted by atomic mass is 35.5. The van der Waals surface area contributed by atoms with E-state index in [1.54, 1.807) is 11.9 Å². The minimum atomic E-state index is -0.155. The molecule has 0 aromatic heterocycles. The first-order chi connectivity index (χ1) is 12.0. The summed E-state index contributed by atoms with van der Waals surface area (Å²) in [6, 6.07) is 13.5. The van der Waals surface area contributed by atoms with E-state index in [0.29, 0.717) is 26.0 Å². The van der Waals surface area contributed by atoms with E-state index in [1.807, 2.05) is 49.4 Å². The normalized spacial score (nSPS) is 15.7. The Kier molecular flexibility index (Phi) is 5.49. The summed E-state index contributed by atoms with van der Waals surface area (Å²) < 4.78 is 11.6. The second-order valence-electron chi connectivity index (χ2n) is 6.36. The lowest BCUT2D eigenvalue weighted by Crippen LogP contribution is -2.41. The van der Waals surface area contributed by atoms with E-state index < -0.39 is 0 Å². The summed E-state index contributed by atoms with van der Waals surface area (Å²) in [4.78, 5) is 14.1. The molecule has 2 aromatic carbocycles. The lowest BCUT2D eigenvalue weighted by atomic mass is 10.1. The Morgan fingerprint density at radius 2 is 2.00 bits per heavy atom. The number of likely N-dealkylation sites (N-methyl/N-ethyl adjacent to an activating group) is 1. The summed E-state index contributed by atoms with van der Waals surface area (Å²) in [6.45, 7) is 2.92. The molecular weight excluding hydrogens is 338 g/mol. The van der Waals surface area contributed by atoms with Gasteiger partial charge in [-0.15, -0.1) is 0 Å². The fourth-order valence-electron chi connectivity index (χ4n) is 2.79. The molecule has 1 aliphatic rings. The maximum atomic E-state index is 12.4. The molecule has 3 rings (SSSR count). The fourth-order valence-corrected chi connectivity index (χ4v) is 3.00. The number of carbonyl (C=O) groups is 1. The maximum Gasteiger partial charge on any atom is 0.222 e. The van der Waals surface area contributed by atoms with Crippen LogP contribution in [0.3, 0.4) is 0 Å². The molecule has 0 N–H and O–H groups in total. The van der Waals surface area contributed by atoms with Gasteiger partial charge in [-0.1, -0.05) is 35.9 Å². The number of aryl methyl sites for hydroxylation is 2. The van der Waals surface area contributed by atoms with Crippen molar-refractivity contribution in [2.24, 2.45) is 0 Å². The van der Waals surface area contributed by atoms with E-state index in [2.05, 4.69) is 0 Å². The number of amides is 1. The third kappa shape index (κ3) is 4.45. The van der Waals surface area contributed by atoms with E-state index in [-0.39, 0.29) is 12.0 Å². The Bertz CT molecular complexity index is 762. The summed E-state index contributed by atoms with van der Waals surface area (Å²) in [5.74, 6) is 1.57. The molecule has 0 spiro atoms. The number of hydrogen-bond donors (Lipinski definition) is 0. The molecule has 1 heterocycles. The second kappa shape index (κ2) is 7.79.